The highest BCUT2D eigenvalue weighted by atomic mass is 19.1. The molecule has 1 N–H and O–H groups in total. The second-order valence-electron chi connectivity index (χ2n) is 5.27. The van der Waals surface area contributed by atoms with E-state index in [-0.39, 0.29) is 11.9 Å². The van der Waals surface area contributed by atoms with Crippen LogP contribution in [0.25, 0.3) is 0 Å². The summed E-state index contributed by atoms with van der Waals surface area (Å²) in [6.45, 7) is 4.11. The van der Waals surface area contributed by atoms with E-state index < -0.39 is 0 Å². The Morgan fingerprint density at radius 1 is 1.14 bits per heavy atom. The van der Waals surface area contributed by atoms with E-state index in [1.807, 2.05) is 26.1 Å². The third kappa shape index (κ3) is 3.24. The molecular formula is C18H22FNO. The van der Waals surface area contributed by atoms with Crippen molar-refractivity contribution in [3.8, 4) is 5.75 Å². The fourth-order valence-electron chi connectivity index (χ4n) is 2.61. The number of hydrogen-bond acceptors (Lipinski definition) is 2. The lowest BCUT2D eigenvalue weighted by Crippen LogP contribution is -2.20. The summed E-state index contributed by atoms with van der Waals surface area (Å²) in [7, 11) is 3.57. The van der Waals surface area contributed by atoms with E-state index >= 15 is 0 Å². The Morgan fingerprint density at radius 2 is 1.86 bits per heavy atom. The minimum Gasteiger partial charge on any atom is -0.496 e. The minimum absolute atomic E-state index is 0.0103. The van der Waals surface area contributed by atoms with E-state index in [0.717, 1.165) is 16.9 Å². The Balaban J connectivity index is 2.38. The van der Waals surface area contributed by atoms with Crippen LogP contribution in [0, 0.1) is 19.7 Å². The van der Waals surface area contributed by atoms with Crippen LogP contribution < -0.4 is 10.1 Å². The van der Waals surface area contributed by atoms with Crippen molar-refractivity contribution in [2.24, 2.45) is 0 Å². The number of ether oxygens (including phenoxy) is 1. The highest BCUT2D eigenvalue weighted by molar-refractivity contribution is 5.47. The van der Waals surface area contributed by atoms with Gasteiger partial charge in [0.2, 0.25) is 0 Å². The Morgan fingerprint density at radius 3 is 2.48 bits per heavy atom. The first-order chi connectivity index (χ1) is 10.1. The van der Waals surface area contributed by atoms with E-state index in [0.29, 0.717) is 12.0 Å². The maximum absolute atomic E-state index is 13.9. The predicted molar refractivity (Wildman–Crippen MR) is 84.4 cm³/mol. The smallest absolute Gasteiger partial charge is 0.126 e. The summed E-state index contributed by atoms with van der Waals surface area (Å²) in [5.41, 5.74) is 4.09. The van der Waals surface area contributed by atoms with Crippen LogP contribution in [0.1, 0.15) is 28.3 Å². The predicted octanol–water partition coefficient (Wildman–Crippen LogP) is 3.95. The zero-order chi connectivity index (χ0) is 15.4. The van der Waals surface area contributed by atoms with Crippen molar-refractivity contribution in [1.29, 1.82) is 0 Å². The van der Waals surface area contributed by atoms with Gasteiger partial charge < -0.3 is 10.1 Å². The maximum Gasteiger partial charge on any atom is 0.126 e. The van der Waals surface area contributed by atoms with Gasteiger partial charge in [-0.25, -0.2) is 4.39 Å². The molecule has 1 unspecified atom stereocenters. The van der Waals surface area contributed by atoms with E-state index in [2.05, 4.69) is 24.4 Å². The molecule has 0 amide bonds. The SMILES string of the molecule is CNC(Cc1ccccc1F)c1ccc(C)c(C)c1OC. The van der Waals surface area contributed by atoms with Gasteiger partial charge in [0, 0.05) is 11.6 Å². The quantitative estimate of drug-likeness (QED) is 0.899. The molecule has 21 heavy (non-hydrogen) atoms. The van der Waals surface area contributed by atoms with E-state index in [1.165, 1.54) is 11.6 Å². The largest absolute Gasteiger partial charge is 0.496 e. The fraction of sp³-hybridized carbons (Fsp3) is 0.333. The van der Waals surface area contributed by atoms with Gasteiger partial charge in [0.15, 0.2) is 0 Å². The van der Waals surface area contributed by atoms with Crippen molar-refractivity contribution in [2.75, 3.05) is 14.2 Å². The molecule has 2 rings (SSSR count). The Hall–Kier alpha value is -1.87. The number of benzene rings is 2. The summed E-state index contributed by atoms with van der Waals surface area (Å²) < 4.78 is 19.4. The molecule has 2 aromatic carbocycles. The van der Waals surface area contributed by atoms with Crippen molar-refractivity contribution in [3.63, 3.8) is 0 Å². The molecule has 0 fully saturated rings. The molecule has 0 aliphatic heterocycles. The molecule has 0 spiro atoms. The van der Waals surface area contributed by atoms with E-state index in [4.69, 9.17) is 4.74 Å². The molecule has 0 aliphatic carbocycles. The van der Waals surface area contributed by atoms with Crippen LogP contribution in [0.4, 0.5) is 4.39 Å². The van der Waals surface area contributed by atoms with Gasteiger partial charge in [0.05, 0.1) is 7.11 Å². The minimum atomic E-state index is -0.166. The molecule has 0 aromatic heterocycles. The highest BCUT2D eigenvalue weighted by Crippen LogP contribution is 2.32. The van der Waals surface area contributed by atoms with Crippen LogP contribution >= 0.6 is 0 Å². The number of hydrogen-bond donors (Lipinski definition) is 1. The van der Waals surface area contributed by atoms with Gasteiger partial charge >= 0.3 is 0 Å². The lowest BCUT2D eigenvalue weighted by Gasteiger charge is -2.22. The third-order valence-corrected chi connectivity index (χ3v) is 4.02. The molecule has 0 bridgehead atoms. The molecular weight excluding hydrogens is 265 g/mol. The molecule has 2 nitrogen and oxygen atoms in total. The molecule has 0 saturated carbocycles. The first-order valence-electron chi connectivity index (χ1n) is 7.13. The normalized spacial score (nSPS) is 12.2. The van der Waals surface area contributed by atoms with Crippen molar-refractivity contribution >= 4 is 0 Å². The average molecular weight is 287 g/mol. The second kappa shape index (κ2) is 6.72. The summed E-state index contributed by atoms with van der Waals surface area (Å²) >= 11 is 0. The average Bonchev–Trinajstić information content (AvgIpc) is 2.49. The Bertz CT molecular complexity index is 625. The highest BCUT2D eigenvalue weighted by Gasteiger charge is 2.18. The monoisotopic (exact) mass is 287 g/mol. The van der Waals surface area contributed by atoms with Crippen molar-refractivity contribution in [1.82, 2.24) is 5.32 Å². The van der Waals surface area contributed by atoms with Gasteiger partial charge in [0.25, 0.3) is 0 Å². The van der Waals surface area contributed by atoms with E-state index in [1.54, 1.807) is 13.2 Å². The van der Waals surface area contributed by atoms with Gasteiger partial charge in [0.1, 0.15) is 11.6 Å². The van der Waals surface area contributed by atoms with Gasteiger partial charge in [-0.15, -0.1) is 0 Å². The van der Waals surface area contributed by atoms with E-state index in [9.17, 15) is 4.39 Å². The number of rotatable bonds is 5. The van der Waals surface area contributed by atoms with Gasteiger partial charge in [-0.3, -0.25) is 0 Å². The molecule has 1 atom stereocenters. The number of nitrogens with one attached hydrogen (secondary N) is 1. The second-order valence-corrected chi connectivity index (χ2v) is 5.27. The van der Waals surface area contributed by atoms with Gasteiger partial charge in [-0.1, -0.05) is 30.3 Å². The third-order valence-electron chi connectivity index (χ3n) is 4.02. The molecule has 0 heterocycles. The van der Waals surface area contributed by atoms with Crippen LogP contribution in [0.3, 0.4) is 0 Å². The van der Waals surface area contributed by atoms with Gasteiger partial charge in [-0.2, -0.15) is 0 Å². The summed E-state index contributed by atoms with van der Waals surface area (Å²) in [6, 6.07) is 11.1. The van der Waals surface area contributed by atoms with Crippen molar-refractivity contribution in [3.05, 3.63) is 64.5 Å². The topological polar surface area (TPSA) is 21.3 Å². The van der Waals surface area contributed by atoms with Crippen LogP contribution in [0.2, 0.25) is 0 Å². The summed E-state index contributed by atoms with van der Waals surface area (Å²) in [5.74, 6) is 0.714. The number of aryl methyl sites for hydroxylation is 1. The van der Waals surface area contributed by atoms with Crippen LogP contribution in [-0.4, -0.2) is 14.2 Å². The Kier molecular flexibility index (Phi) is 4.97. The molecule has 3 heteroatoms. The first kappa shape index (κ1) is 15.5. The van der Waals surface area contributed by atoms with Crippen LogP contribution in [0.15, 0.2) is 36.4 Å². The molecule has 0 radical (unpaired) electrons. The zero-order valence-corrected chi connectivity index (χ0v) is 13.0. The van der Waals surface area contributed by atoms with Crippen LogP contribution in [-0.2, 0) is 6.42 Å². The maximum atomic E-state index is 13.9. The number of halogens is 1. The fourth-order valence-corrected chi connectivity index (χ4v) is 2.61. The standard InChI is InChI=1S/C18H22FNO/c1-12-9-10-15(18(21-4)13(12)2)17(20-3)11-14-7-5-6-8-16(14)19/h5-10,17,20H,11H2,1-4H3. The van der Waals surface area contributed by atoms with Crippen LogP contribution in [0.5, 0.6) is 5.75 Å². The number of methoxy groups -OCH3 is 1. The molecule has 0 aliphatic rings. The van der Waals surface area contributed by atoms with Gasteiger partial charge in [-0.05, 0) is 50.1 Å². The van der Waals surface area contributed by atoms with Crippen molar-refractivity contribution < 1.29 is 9.13 Å². The lowest BCUT2D eigenvalue weighted by molar-refractivity contribution is 0.397. The zero-order valence-electron chi connectivity index (χ0n) is 13.0. The van der Waals surface area contributed by atoms with Crippen molar-refractivity contribution in [2.45, 2.75) is 26.3 Å². The number of likely N-dealkylation sites (N-methyl/N-ethyl adjacent to an activating group) is 1. The molecule has 112 valence electrons. The Labute approximate surface area is 126 Å². The summed E-state index contributed by atoms with van der Waals surface area (Å²) in [6.07, 6.45) is 0.585. The summed E-state index contributed by atoms with van der Waals surface area (Å²) in [4.78, 5) is 0. The summed E-state index contributed by atoms with van der Waals surface area (Å²) in [5, 5.41) is 3.27. The molecule has 0 saturated heterocycles. The molecule has 2 aromatic rings. The lowest BCUT2D eigenvalue weighted by atomic mass is 9.94. The first-order valence-corrected chi connectivity index (χ1v) is 7.13.